The van der Waals surface area contributed by atoms with Crippen molar-refractivity contribution in [3.8, 4) is 5.75 Å². The number of thiophene rings is 1. The second kappa shape index (κ2) is 6.91. The monoisotopic (exact) mass is 465 g/mol. The first-order chi connectivity index (χ1) is 9.51. The zero-order chi connectivity index (χ0) is 14.7. The lowest BCUT2D eigenvalue weighted by Gasteiger charge is -2.15. The van der Waals surface area contributed by atoms with E-state index >= 15 is 0 Å². The fourth-order valence-corrected chi connectivity index (χ4v) is 3.63. The summed E-state index contributed by atoms with van der Waals surface area (Å²) in [5.74, 6) is 0.725. The smallest absolute Gasteiger partial charge is 0.252 e. The van der Waals surface area contributed by atoms with Gasteiger partial charge in [0.15, 0.2) is 0 Å². The molecule has 1 aromatic carbocycles. The minimum absolute atomic E-state index is 0.0522. The van der Waals surface area contributed by atoms with Crippen molar-refractivity contribution in [1.82, 2.24) is 5.32 Å². The van der Waals surface area contributed by atoms with Crippen molar-refractivity contribution < 1.29 is 9.53 Å². The summed E-state index contributed by atoms with van der Waals surface area (Å²) < 4.78 is 7.18. The topological polar surface area (TPSA) is 38.3 Å². The summed E-state index contributed by atoms with van der Waals surface area (Å²) >= 11 is 7.23. The number of hydrogen-bond acceptors (Lipinski definition) is 3. The highest BCUT2D eigenvalue weighted by atomic mass is 127. The molecule has 1 N–H and O–H groups in total. The molecule has 6 heteroatoms. The predicted molar refractivity (Wildman–Crippen MR) is 93.6 cm³/mol. The Bertz CT molecular complexity index is 629. The number of methoxy groups -OCH3 is 1. The van der Waals surface area contributed by atoms with E-state index in [1.807, 2.05) is 36.6 Å². The van der Waals surface area contributed by atoms with E-state index in [1.165, 1.54) is 0 Å². The average Bonchev–Trinajstić information content (AvgIpc) is 2.85. The maximum Gasteiger partial charge on any atom is 0.252 e. The van der Waals surface area contributed by atoms with Gasteiger partial charge in [-0.05, 0) is 69.2 Å². The third-order valence-corrected chi connectivity index (χ3v) is 5.26. The molecule has 0 saturated heterocycles. The molecule has 0 aliphatic heterocycles. The van der Waals surface area contributed by atoms with Crippen LogP contribution in [0.4, 0.5) is 0 Å². The van der Waals surface area contributed by atoms with E-state index in [2.05, 4.69) is 43.8 Å². The van der Waals surface area contributed by atoms with Crippen molar-refractivity contribution in [3.63, 3.8) is 0 Å². The highest BCUT2D eigenvalue weighted by Crippen LogP contribution is 2.28. The summed E-state index contributed by atoms with van der Waals surface area (Å²) in [5.41, 5.74) is 1.73. The number of carbonyl (C=O) groups is 1. The number of carbonyl (C=O) groups excluding carboxylic acids is 1. The molecule has 0 bridgehead atoms. The Hall–Kier alpha value is -0.600. The van der Waals surface area contributed by atoms with Crippen LogP contribution in [0, 0.1) is 2.88 Å². The Morgan fingerprint density at radius 1 is 1.45 bits per heavy atom. The molecule has 3 nitrogen and oxygen atoms in total. The van der Waals surface area contributed by atoms with Crippen molar-refractivity contribution in [2.24, 2.45) is 0 Å². The van der Waals surface area contributed by atoms with Gasteiger partial charge in [0.1, 0.15) is 5.75 Å². The Balaban J connectivity index is 2.10. The average molecular weight is 466 g/mol. The minimum atomic E-state index is -0.0673. The van der Waals surface area contributed by atoms with Crippen LogP contribution in [-0.4, -0.2) is 13.0 Å². The number of hydrogen-bond donors (Lipinski definition) is 1. The molecule has 20 heavy (non-hydrogen) atoms. The largest absolute Gasteiger partial charge is 0.496 e. The second-order valence-corrected chi connectivity index (χ2v) is 7.89. The molecule has 2 rings (SSSR count). The van der Waals surface area contributed by atoms with Crippen LogP contribution in [-0.2, 0) is 0 Å². The summed E-state index contributed by atoms with van der Waals surface area (Å²) in [6.07, 6.45) is 0. The molecule has 1 atom stereocenters. The summed E-state index contributed by atoms with van der Waals surface area (Å²) in [6, 6.07) is 7.61. The quantitative estimate of drug-likeness (QED) is 0.669. The SMILES string of the molecule is COc1ccc(C(C)NC(=O)c2csc(I)c2)cc1Br. The first-order valence-electron chi connectivity index (χ1n) is 5.89. The van der Waals surface area contributed by atoms with Crippen molar-refractivity contribution >= 4 is 55.8 Å². The molecule has 0 saturated carbocycles. The van der Waals surface area contributed by atoms with Crippen molar-refractivity contribution in [1.29, 1.82) is 0 Å². The number of nitrogens with one attached hydrogen (secondary N) is 1. The van der Waals surface area contributed by atoms with Crippen LogP contribution >= 0.6 is 49.9 Å². The Kier molecular flexibility index (Phi) is 5.45. The molecule has 1 aromatic heterocycles. The van der Waals surface area contributed by atoms with E-state index < -0.39 is 0 Å². The van der Waals surface area contributed by atoms with Gasteiger partial charge >= 0.3 is 0 Å². The molecule has 1 amide bonds. The van der Waals surface area contributed by atoms with Crippen molar-refractivity contribution in [2.75, 3.05) is 7.11 Å². The van der Waals surface area contributed by atoms with Gasteiger partial charge in [-0.2, -0.15) is 0 Å². The third-order valence-electron chi connectivity index (χ3n) is 2.85. The lowest BCUT2D eigenvalue weighted by molar-refractivity contribution is 0.0940. The van der Waals surface area contributed by atoms with Gasteiger partial charge in [0.05, 0.1) is 26.1 Å². The lowest BCUT2D eigenvalue weighted by Crippen LogP contribution is -2.26. The lowest BCUT2D eigenvalue weighted by atomic mass is 10.1. The molecule has 1 heterocycles. The van der Waals surface area contributed by atoms with E-state index in [4.69, 9.17) is 4.74 Å². The van der Waals surface area contributed by atoms with E-state index in [-0.39, 0.29) is 11.9 Å². The van der Waals surface area contributed by atoms with E-state index in [1.54, 1.807) is 18.4 Å². The highest BCUT2D eigenvalue weighted by molar-refractivity contribution is 14.1. The van der Waals surface area contributed by atoms with Crippen LogP contribution < -0.4 is 10.1 Å². The first kappa shape index (κ1) is 15.8. The molecule has 106 valence electrons. The van der Waals surface area contributed by atoms with Gasteiger partial charge in [0.25, 0.3) is 5.91 Å². The molecule has 0 fully saturated rings. The highest BCUT2D eigenvalue weighted by Gasteiger charge is 2.14. The Morgan fingerprint density at radius 2 is 2.20 bits per heavy atom. The van der Waals surface area contributed by atoms with E-state index in [0.29, 0.717) is 5.56 Å². The van der Waals surface area contributed by atoms with Gasteiger partial charge in [0, 0.05) is 5.38 Å². The van der Waals surface area contributed by atoms with Crippen LogP contribution in [0.2, 0.25) is 0 Å². The number of halogens is 2. The molecular formula is C14H13BrINO2S. The van der Waals surface area contributed by atoms with Gasteiger partial charge in [-0.3, -0.25) is 4.79 Å². The normalized spacial score (nSPS) is 12.0. The number of rotatable bonds is 4. The third kappa shape index (κ3) is 3.73. The molecular weight excluding hydrogens is 453 g/mol. The molecule has 0 aliphatic carbocycles. The fraction of sp³-hybridized carbons (Fsp3) is 0.214. The number of ether oxygens (including phenoxy) is 1. The van der Waals surface area contributed by atoms with Gasteiger partial charge in [-0.15, -0.1) is 11.3 Å². The standard InChI is InChI=1S/C14H13BrINO2S/c1-8(9-3-4-12(19-2)11(15)5-9)17-14(18)10-6-13(16)20-7-10/h3-8H,1-2H3,(H,17,18). The summed E-state index contributed by atoms with van der Waals surface area (Å²) in [4.78, 5) is 12.1. The summed E-state index contributed by atoms with van der Waals surface area (Å²) in [6.45, 7) is 1.96. The minimum Gasteiger partial charge on any atom is -0.496 e. The van der Waals surface area contributed by atoms with Crippen LogP contribution in [0.15, 0.2) is 34.1 Å². The molecule has 0 spiro atoms. The van der Waals surface area contributed by atoms with Gasteiger partial charge in [-0.25, -0.2) is 0 Å². The van der Waals surface area contributed by atoms with Crippen molar-refractivity contribution in [3.05, 3.63) is 48.1 Å². The van der Waals surface area contributed by atoms with Crippen LogP contribution in [0.25, 0.3) is 0 Å². The molecule has 2 aromatic rings. The first-order valence-corrected chi connectivity index (χ1v) is 8.64. The maximum atomic E-state index is 12.1. The molecule has 1 unspecified atom stereocenters. The zero-order valence-electron chi connectivity index (χ0n) is 10.9. The Labute approximate surface area is 144 Å². The second-order valence-electron chi connectivity index (χ2n) is 4.23. The van der Waals surface area contributed by atoms with Crippen LogP contribution in [0.3, 0.4) is 0 Å². The molecule has 0 radical (unpaired) electrons. The Morgan fingerprint density at radius 3 is 2.75 bits per heavy atom. The predicted octanol–water partition coefficient (Wildman–Crippen LogP) is 4.61. The number of amides is 1. The van der Waals surface area contributed by atoms with Gasteiger partial charge < -0.3 is 10.1 Å². The number of benzene rings is 1. The van der Waals surface area contributed by atoms with Gasteiger partial charge in [-0.1, -0.05) is 6.07 Å². The van der Waals surface area contributed by atoms with E-state index in [9.17, 15) is 4.79 Å². The van der Waals surface area contributed by atoms with E-state index in [0.717, 1.165) is 18.7 Å². The van der Waals surface area contributed by atoms with Crippen LogP contribution in [0.1, 0.15) is 28.9 Å². The molecule has 0 aliphatic rings. The maximum absolute atomic E-state index is 12.1. The van der Waals surface area contributed by atoms with Crippen LogP contribution in [0.5, 0.6) is 5.75 Å². The van der Waals surface area contributed by atoms with Crippen molar-refractivity contribution in [2.45, 2.75) is 13.0 Å². The zero-order valence-corrected chi connectivity index (χ0v) is 15.5. The summed E-state index contributed by atoms with van der Waals surface area (Å²) in [5, 5.41) is 4.86. The fourth-order valence-electron chi connectivity index (χ4n) is 1.74. The van der Waals surface area contributed by atoms with Gasteiger partial charge in [0.2, 0.25) is 0 Å². The summed E-state index contributed by atoms with van der Waals surface area (Å²) in [7, 11) is 1.63.